The minimum absolute atomic E-state index is 0.140. The summed E-state index contributed by atoms with van der Waals surface area (Å²) in [6.07, 6.45) is 2.42. The van der Waals surface area contributed by atoms with Gasteiger partial charge < -0.3 is 5.32 Å². The Bertz CT molecular complexity index is 994. The molecule has 0 aromatic carbocycles. The van der Waals surface area contributed by atoms with Crippen LogP contribution in [0.25, 0.3) is 10.2 Å². The number of nitriles is 1. The highest BCUT2D eigenvalue weighted by Gasteiger charge is 2.12. The van der Waals surface area contributed by atoms with Crippen molar-refractivity contribution < 1.29 is 4.79 Å². The predicted molar refractivity (Wildman–Crippen MR) is 95.5 cm³/mol. The van der Waals surface area contributed by atoms with Crippen LogP contribution in [-0.4, -0.2) is 15.5 Å². The lowest BCUT2D eigenvalue weighted by molar-refractivity contribution is -0.116. The second-order valence-corrected chi connectivity index (χ2v) is 7.13. The third-order valence-corrected chi connectivity index (χ3v) is 5.55. The molecule has 1 amide bonds. The standard InChI is InChI=1S/C16H14N4O2S2/c1-2-11-7-10(8-17)14(24-11)19-13(21)3-5-20-9-18-15-12(16(20)22)4-6-23-15/h4,6-7,9H,2-3,5H2,1H3,(H,19,21). The quantitative estimate of drug-likeness (QED) is 0.759. The largest absolute Gasteiger partial charge is 0.317 e. The molecule has 0 aliphatic rings. The van der Waals surface area contributed by atoms with Gasteiger partial charge in [-0.15, -0.1) is 22.7 Å². The van der Waals surface area contributed by atoms with Gasteiger partial charge in [-0.25, -0.2) is 4.98 Å². The maximum atomic E-state index is 12.3. The van der Waals surface area contributed by atoms with E-state index in [1.807, 2.05) is 12.3 Å². The fraction of sp³-hybridized carbons (Fsp3) is 0.250. The van der Waals surface area contributed by atoms with Crippen LogP contribution in [0.2, 0.25) is 0 Å². The van der Waals surface area contributed by atoms with Gasteiger partial charge in [0, 0.05) is 17.8 Å². The number of nitrogens with one attached hydrogen (secondary N) is 1. The summed E-state index contributed by atoms with van der Waals surface area (Å²) in [5, 5.41) is 14.8. The lowest BCUT2D eigenvalue weighted by atomic mass is 10.3. The molecule has 8 heteroatoms. The highest BCUT2D eigenvalue weighted by Crippen LogP contribution is 2.28. The highest BCUT2D eigenvalue weighted by molar-refractivity contribution is 7.16. The molecule has 3 aromatic rings. The van der Waals surface area contributed by atoms with Crippen LogP contribution in [0.4, 0.5) is 5.00 Å². The van der Waals surface area contributed by atoms with Gasteiger partial charge in [-0.1, -0.05) is 6.92 Å². The van der Waals surface area contributed by atoms with Crippen molar-refractivity contribution in [3.05, 3.63) is 44.6 Å². The number of nitrogens with zero attached hydrogens (tertiary/aromatic N) is 3. The number of carbonyl (C=O) groups is 1. The fourth-order valence-corrected chi connectivity index (χ4v) is 3.94. The molecule has 24 heavy (non-hydrogen) atoms. The maximum absolute atomic E-state index is 12.3. The Morgan fingerprint density at radius 1 is 1.50 bits per heavy atom. The minimum Gasteiger partial charge on any atom is -0.317 e. The number of hydrogen-bond donors (Lipinski definition) is 1. The number of hydrogen-bond acceptors (Lipinski definition) is 6. The van der Waals surface area contributed by atoms with Crippen molar-refractivity contribution in [2.24, 2.45) is 0 Å². The highest BCUT2D eigenvalue weighted by atomic mass is 32.1. The normalized spacial score (nSPS) is 10.7. The second-order valence-electron chi connectivity index (χ2n) is 5.10. The topological polar surface area (TPSA) is 87.8 Å². The van der Waals surface area contributed by atoms with Crippen LogP contribution < -0.4 is 10.9 Å². The van der Waals surface area contributed by atoms with E-state index in [-0.39, 0.29) is 24.4 Å². The average Bonchev–Trinajstić information content (AvgIpc) is 3.21. The van der Waals surface area contributed by atoms with Crippen molar-refractivity contribution >= 4 is 43.8 Å². The molecule has 0 aliphatic carbocycles. The summed E-state index contributed by atoms with van der Waals surface area (Å²) >= 11 is 2.82. The van der Waals surface area contributed by atoms with Crippen molar-refractivity contribution in [1.29, 1.82) is 5.26 Å². The van der Waals surface area contributed by atoms with Crippen molar-refractivity contribution in [2.45, 2.75) is 26.3 Å². The van der Waals surface area contributed by atoms with E-state index < -0.39 is 0 Å². The number of fused-ring (bicyclic) bond motifs is 1. The van der Waals surface area contributed by atoms with E-state index in [9.17, 15) is 9.59 Å². The number of anilines is 1. The SMILES string of the molecule is CCc1cc(C#N)c(NC(=O)CCn2cnc3sccc3c2=O)s1. The van der Waals surface area contributed by atoms with E-state index in [2.05, 4.69) is 16.4 Å². The molecule has 0 saturated heterocycles. The molecule has 3 aromatic heterocycles. The van der Waals surface area contributed by atoms with Crippen LogP contribution in [-0.2, 0) is 17.8 Å². The molecule has 0 spiro atoms. The molecule has 6 nitrogen and oxygen atoms in total. The number of aryl methyl sites for hydroxylation is 2. The summed E-state index contributed by atoms with van der Waals surface area (Å²) < 4.78 is 1.44. The fourth-order valence-electron chi connectivity index (χ4n) is 2.26. The van der Waals surface area contributed by atoms with Crippen molar-refractivity contribution in [1.82, 2.24) is 9.55 Å². The summed E-state index contributed by atoms with van der Waals surface area (Å²) in [6.45, 7) is 2.25. The first-order chi connectivity index (χ1) is 11.6. The first-order valence-electron chi connectivity index (χ1n) is 7.37. The van der Waals surface area contributed by atoms with E-state index in [0.29, 0.717) is 20.8 Å². The Labute approximate surface area is 146 Å². The van der Waals surface area contributed by atoms with Crippen LogP contribution in [0.1, 0.15) is 23.8 Å². The van der Waals surface area contributed by atoms with E-state index >= 15 is 0 Å². The lowest BCUT2D eigenvalue weighted by Crippen LogP contribution is -2.23. The molecule has 0 saturated carbocycles. The Kier molecular flexibility index (Phi) is 4.74. The molecule has 0 unspecified atom stereocenters. The van der Waals surface area contributed by atoms with Gasteiger partial charge in [-0.2, -0.15) is 5.26 Å². The summed E-state index contributed by atoms with van der Waals surface area (Å²) in [6, 6.07) is 5.62. The van der Waals surface area contributed by atoms with Gasteiger partial charge >= 0.3 is 0 Å². The Hall–Kier alpha value is -2.50. The number of rotatable bonds is 5. The third-order valence-electron chi connectivity index (χ3n) is 3.54. The molecule has 0 radical (unpaired) electrons. The zero-order valence-corrected chi connectivity index (χ0v) is 14.5. The molecule has 3 rings (SSSR count). The molecular formula is C16H14N4O2S2. The number of amides is 1. The van der Waals surface area contributed by atoms with Gasteiger partial charge in [0.1, 0.15) is 15.9 Å². The van der Waals surface area contributed by atoms with Crippen LogP contribution in [0, 0.1) is 11.3 Å². The van der Waals surface area contributed by atoms with Crippen LogP contribution in [0.15, 0.2) is 28.6 Å². The summed E-state index contributed by atoms with van der Waals surface area (Å²) in [5.41, 5.74) is 0.333. The van der Waals surface area contributed by atoms with Crippen molar-refractivity contribution in [2.75, 3.05) is 5.32 Å². The lowest BCUT2D eigenvalue weighted by Gasteiger charge is -2.06. The van der Waals surface area contributed by atoms with E-state index in [4.69, 9.17) is 5.26 Å². The second kappa shape index (κ2) is 6.95. The minimum atomic E-state index is -0.228. The predicted octanol–water partition coefficient (Wildman–Crippen LogP) is 2.98. The van der Waals surface area contributed by atoms with Crippen LogP contribution in [0.3, 0.4) is 0 Å². The molecule has 3 heterocycles. The number of thiophene rings is 2. The van der Waals surface area contributed by atoms with Crippen LogP contribution >= 0.6 is 22.7 Å². The monoisotopic (exact) mass is 358 g/mol. The van der Waals surface area contributed by atoms with Gasteiger partial charge in [0.25, 0.3) is 5.56 Å². The third kappa shape index (κ3) is 3.22. The van der Waals surface area contributed by atoms with Gasteiger partial charge in [-0.3, -0.25) is 14.2 Å². The summed E-state index contributed by atoms with van der Waals surface area (Å²) in [7, 11) is 0. The van der Waals surface area contributed by atoms with Gasteiger partial charge in [0.2, 0.25) is 5.91 Å². The van der Waals surface area contributed by atoms with Crippen molar-refractivity contribution in [3.8, 4) is 6.07 Å². The molecule has 1 N–H and O–H groups in total. The van der Waals surface area contributed by atoms with Crippen LogP contribution in [0.5, 0.6) is 0 Å². The maximum Gasteiger partial charge on any atom is 0.262 e. The molecule has 0 bridgehead atoms. The Morgan fingerprint density at radius 2 is 2.33 bits per heavy atom. The average molecular weight is 358 g/mol. The van der Waals surface area contributed by atoms with E-state index in [1.54, 1.807) is 12.1 Å². The zero-order chi connectivity index (χ0) is 17.1. The number of aromatic nitrogens is 2. The molecule has 0 aliphatic heterocycles. The summed E-state index contributed by atoms with van der Waals surface area (Å²) in [5.74, 6) is -0.228. The van der Waals surface area contributed by atoms with Gasteiger partial charge in [0.05, 0.1) is 17.3 Å². The summed E-state index contributed by atoms with van der Waals surface area (Å²) in [4.78, 5) is 30.3. The first kappa shape index (κ1) is 16.4. The smallest absolute Gasteiger partial charge is 0.262 e. The Balaban J connectivity index is 1.69. The van der Waals surface area contributed by atoms with E-state index in [0.717, 1.165) is 11.3 Å². The van der Waals surface area contributed by atoms with Gasteiger partial charge in [0.15, 0.2) is 0 Å². The zero-order valence-electron chi connectivity index (χ0n) is 12.9. The van der Waals surface area contributed by atoms with Crippen molar-refractivity contribution in [3.63, 3.8) is 0 Å². The number of carbonyl (C=O) groups excluding carboxylic acids is 1. The Morgan fingerprint density at radius 3 is 3.08 bits per heavy atom. The van der Waals surface area contributed by atoms with E-state index in [1.165, 1.54) is 33.6 Å². The first-order valence-corrected chi connectivity index (χ1v) is 9.07. The van der Waals surface area contributed by atoms with Gasteiger partial charge in [-0.05, 0) is 23.9 Å². The molecule has 122 valence electrons. The molecule has 0 atom stereocenters. The molecule has 0 fully saturated rings. The molecular weight excluding hydrogens is 344 g/mol.